The topological polar surface area (TPSA) is 133 Å². The quantitative estimate of drug-likeness (QED) is 0.394. The Morgan fingerprint density at radius 1 is 1.00 bits per heavy atom. The fourth-order valence-electron chi connectivity index (χ4n) is 6.21. The number of carbonyl (C=O) groups excluding carboxylic acids is 2. The number of hydrogen-bond donors (Lipinski definition) is 4. The molecule has 0 aliphatic heterocycles. The Kier molecular flexibility index (Phi) is 7.47. The lowest BCUT2D eigenvalue weighted by Gasteiger charge is -2.42. The Morgan fingerprint density at radius 3 is 2.28 bits per heavy atom. The fraction of sp³-hybridized carbons (Fsp3) is 0.481. The van der Waals surface area contributed by atoms with Crippen molar-refractivity contribution in [2.75, 3.05) is 5.32 Å². The number of rotatable bonds is 7. The first-order valence-electron chi connectivity index (χ1n) is 12.9. The molecule has 2 amide bonds. The molecule has 0 aromatic heterocycles. The molecule has 0 radical (unpaired) electrons. The van der Waals surface area contributed by atoms with Crippen LogP contribution in [0.5, 0.6) is 0 Å². The average Bonchev–Trinajstić information content (AvgIpc) is 3.01. The van der Waals surface area contributed by atoms with Gasteiger partial charge in [0, 0.05) is 23.4 Å². The molecule has 2 bridgehead atoms. The van der Waals surface area contributed by atoms with E-state index in [0.29, 0.717) is 25.7 Å². The molecule has 3 fully saturated rings. The number of nitrogens with one attached hydrogen (secondary N) is 2. The lowest BCUT2D eigenvalue weighted by atomic mass is 9.72. The number of carbonyl (C=O) groups is 2. The van der Waals surface area contributed by atoms with E-state index in [0.717, 1.165) is 18.2 Å². The van der Waals surface area contributed by atoms with E-state index in [1.165, 1.54) is 18.2 Å². The average molecular weight is 583 g/mol. The van der Waals surface area contributed by atoms with Gasteiger partial charge in [0.05, 0.1) is 33.3 Å². The summed E-state index contributed by atoms with van der Waals surface area (Å²) in [5.41, 5.74) is -1.34. The van der Waals surface area contributed by atoms with Crippen LogP contribution in [0.15, 0.2) is 41.3 Å². The summed E-state index contributed by atoms with van der Waals surface area (Å²) in [6.45, 7) is 0. The Morgan fingerprint density at radius 2 is 1.67 bits per heavy atom. The zero-order chi connectivity index (χ0) is 28.1. The molecule has 2 unspecified atom stereocenters. The van der Waals surface area contributed by atoms with Crippen LogP contribution in [0.4, 0.5) is 14.5 Å². The van der Waals surface area contributed by atoms with Crippen LogP contribution < -0.4 is 10.6 Å². The molecule has 2 aromatic carbocycles. The summed E-state index contributed by atoms with van der Waals surface area (Å²) in [5.74, 6) is -4.04. The first-order valence-corrected chi connectivity index (χ1v) is 14.8. The maximum absolute atomic E-state index is 13.7. The van der Waals surface area contributed by atoms with Gasteiger partial charge in [-0.3, -0.25) is 9.59 Å². The molecule has 2 atom stereocenters. The third-order valence-corrected chi connectivity index (χ3v) is 11.1. The zero-order valence-electron chi connectivity index (χ0n) is 20.9. The van der Waals surface area contributed by atoms with Crippen molar-refractivity contribution in [3.8, 4) is 0 Å². The van der Waals surface area contributed by atoms with Gasteiger partial charge in [-0.25, -0.2) is 17.2 Å². The number of anilines is 1. The molecular formula is C27H29ClF2N2O6S. The predicted octanol–water partition coefficient (Wildman–Crippen LogP) is 3.59. The summed E-state index contributed by atoms with van der Waals surface area (Å²) in [6.07, 6.45) is 1.89. The van der Waals surface area contributed by atoms with Gasteiger partial charge in [0.25, 0.3) is 5.91 Å². The lowest BCUT2D eigenvalue weighted by molar-refractivity contribution is -0.134. The lowest BCUT2D eigenvalue weighted by Crippen LogP contribution is -2.53. The second-order valence-electron chi connectivity index (χ2n) is 10.9. The van der Waals surface area contributed by atoms with Crippen molar-refractivity contribution in [1.29, 1.82) is 0 Å². The van der Waals surface area contributed by atoms with Crippen LogP contribution in [0.25, 0.3) is 0 Å². The number of fused-ring (bicyclic) bond motifs is 2. The fourth-order valence-corrected chi connectivity index (χ4v) is 8.61. The molecule has 39 heavy (non-hydrogen) atoms. The first kappa shape index (κ1) is 27.9. The Bertz CT molecular complexity index is 1400. The van der Waals surface area contributed by atoms with E-state index < -0.39 is 56.2 Å². The van der Waals surface area contributed by atoms with Crippen molar-refractivity contribution >= 4 is 38.9 Å². The van der Waals surface area contributed by atoms with Crippen LogP contribution in [0.3, 0.4) is 0 Å². The highest BCUT2D eigenvalue weighted by Gasteiger charge is 2.56. The smallest absolute Gasteiger partial charge is 0.255 e. The molecule has 0 saturated heterocycles. The molecule has 5 rings (SSSR count). The van der Waals surface area contributed by atoms with E-state index in [9.17, 15) is 37.0 Å². The first-order chi connectivity index (χ1) is 18.4. The number of hydrogen-bond acceptors (Lipinski definition) is 6. The summed E-state index contributed by atoms with van der Waals surface area (Å²) in [4.78, 5) is 25.1. The third-order valence-electron chi connectivity index (χ3n) is 8.41. The van der Waals surface area contributed by atoms with Crippen molar-refractivity contribution in [2.45, 2.75) is 72.8 Å². The highest BCUT2D eigenvalue weighted by atomic mass is 35.5. The summed E-state index contributed by atoms with van der Waals surface area (Å²) < 4.78 is 54.1. The minimum Gasteiger partial charge on any atom is -0.393 e. The molecular weight excluding hydrogens is 554 g/mol. The second-order valence-corrected chi connectivity index (χ2v) is 13.5. The van der Waals surface area contributed by atoms with Gasteiger partial charge < -0.3 is 20.8 Å². The number of aliphatic hydroxyl groups is 2. The minimum atomic E-state index is -4.02. The van der Waals surface area contributed by atoms with Crippen molar-refractivity contribution in [3.63, 3.8) is 0 Å². The van der Waals surface area contributed by atoms with Gasteiger partial charge in [-0.15, -0.1) is 0 Å². The molecule has 12 heteroatoms. The summed E-state index contributed by atoms with van der Waals surface area (Å²) in [5, 5.41) is 25.2. The van der Waals surface area contributed by atoms with Gasteiger partial charge in [0.15, 0.2) is 21.5 Å². The number of amides is 2. The number of sulfone groups is 1. The maximum atomic E-state index is 13.7. The second kappa shape index (κ2) is 10.4. The molecule has 210 valence electrons. The normalized spacial score (nSPS) is 29.9. The van der Waals surface area contributed by atoms with Crippen molar-refractivity contribution in [2.24, 2.45) is 11.8 Å². The Hall–Kier alpha value is -2.60. The molecule has 3 saturated carbocycles. The van der Waals surface area contributed by atoms with E-state index in [4.69, 9.17) is 11.6 Å². The highest BCUT2D eigenvalue weighted by Crippen LogP contribution is 2.53. The van der Waals surface area contributed by atoms with Gasteiger partial charge in [-0.1, -0.05) is 11.6 Å². The molecule has 8 nitrogen and oxygen atoms in total. The largest absolute Gasteiger partial charge is 0.393 e. The molecule has 3 aliphatic rings. The maximum Gasteiger partial charge on any atom is 0.255 e. The van der Waals surface area contributed by atoms with Gasteiger partial charge in [-0.05, 0) is 80.7 Å². The van der Waals surface area contributed by atoms with Crippen LogP contribution in [-0.4, -0.2) is 53.4 Å². The Balaban J connectivity index is 1.30. The number of benzene rings is 2. The summed E-state index contributed by atoms with van der Waals surface area (Å²) in [7, 11) is -4.02. The van der Waals surface area contributed by atoms with Gasteiger partial charge in [0.1, 0.15) is 0 Å². The third kappa shape index (κ3) is 5.41. The van der Waals surface area contributed by atoms with Crippen molar-refractivity contribution in [3.05, 3.63) is 58.6 Å². The Labute approximate surface area is 229 Å². The van der Waals surface area contributed by atoms with Gasteiger partial charge in [0.2, 0.25) is 5.91 Å². The van der Waals surface area contributed by atoms with E-state index >= 15 is 0 Å². The number of aliphatic hydroxyl groups excluding tert-OH is 1. The van der Waals surface area contributed by atoms with Crippen LogP contribution in [0.1, 0.15) is 55.3 Å². The van der Waals surface area contributed by atoms with E-state index in [1.807, 2.05) is 0 Å². The van der Waals surface area contributed by atoms with Gasteiger partial charge in [-0.2, -0.15) is 0 Å². The van der Waals surface area contributed by atoms with Crippen LogP contribution in [0, 0.1) is 23.5 Å². The van der Waals surface area contributed by atoms with Crippen LogP contribution in [0.2, 0.25) is 5.02 Å². The van der Waals surface area contributed by atoms with Crippen molar-refractivity contribution in [1.82, 2.24) is 5.32 Å². The highest BCUT2D eigenvalue weighted by molar-refractivity contribution is 7.92. The monoisotopic (exact) mass is 582 g/mol. The van der Waals surface area contributed by atoms with E-state index in [2.05, 4.69) is 10.6 Å². The van der Waals surface area contributed by atoms with Crippen molar-refractivity contribution < 1.29 is 37.0 Å². The molecule has 0 spiro atoms. The predicted molar refractivity (Wildman–Crippen MR) is 139 cm³/mol. The van der Waals surface area contributed by atoms with E-state index in [-0.39, 0.29) is 52.4 Å². The molecule has 3 aliphatic carbocycles. The van der Waals surface area contributed by atoms with E-state index in [1.54, 1.807) is 0 Å². The SMILES string of the molecule is O=C(CC1(O)C2CCC1CC(S(=O)(=O)c1cc(C(=O)Nc3ccc(F)c(F)c3)ccc1Cl)C2)NC1CC(O)C1. The van der Waals surface area contributed by atoms with Crippen LogP contribution in [-0.2, 0) is 14.6 Å². The minimum absolute atomic E-state index is 0.000998. The van der Waals surface area contributed by atoms with Crippen LogP contribution >= 0.6 is 11.6 Å². The molecule has 0 heterocycles. The number of halogens is 3. The molecule has 2 aromatic rings. The zero-order valence-corrected chi connectivity index (χ0v) is 22.4. The standard InChI is InChI=1S/C27H29ClF2N2O6S/c28-21-5-1-14(26(35)32-17-4-6-22(29)23(30)12-17)7-24(21)39(37,38)20-8-15-2-3-16(9-20)27(15,36)13-25(34)31-18-10-19(33)11-18/h1,4-7,12,15-16,18-20,33,36H,2-3,8-11,13H2,(H,31,34)(H,32,35). The summed E-state index contributed by atoms with van der Waals surface area (Å²) >= 11 is 6.27. The molecule has 4 N–H and O–H groups in total. The van der Waals surface area contributed by atoms with Gasteiger partial charge >= 0.3 is 0 Å². The summed E-state index contributed by atoms with van der Waals surface area (Å²) in [6, 6.07) is 6.54.